The molecule has 0 saturated carbocycles. The summed E-state index contributed by atoms with van der Waals surface area (Å²) in [7, 11) is -3.82. The molecule has 1 saturated heterocycles. The fraction of sp³-hybridized carbons (Fsp3) is 0.192. The molecule has 8 nitrogen and oxygen atoms in total. The predicted octanol–water partition coefficient (Wildman–Crippen LogP) is 4.16. The number of nitrogens with zero attached hydrogens (tertiary/aromatic N) is 5. The molecule has 6 rings (SSSR count). The Hall–Kier alpha value is -4.05. The average molecular weight is 504 g/mol. The molecule has 182 valence electrons. The molecule has 1 fully saturated rings. The van der Waals surface area contributed by atoms with E-state index in [1.807, 2.05) is 6.92 Å². The maximum atomic E-state index is 13.3. The molecule has 0 spiro atoms. The van der Waals surface area contributed by atoms with Gasteiger partial charge in [-0.3, -0.25) is 4.79 Å². The van der Waals surface area contributed by atoms with E-state index in [1.165, 1.54) is 34.4 Å². The van der Waals surface area contributed by atoms with Crippen molar-refractivity contribution >= 4 is 38.0 Å². The van der Waals surface area contributed by atoms with Gasteiger partial charge >= 0.3 is 0 Å². The van der Waals surface area contributed by atoms with Gasteiger partial charge in [0.1, 0.15) is 17.2 Å². The van der Waals surface area contributed by atoms with E-state index < -0.39 is 10.0 Å². The maximum Gasteiger partial charge on any atom is 0.269 e. The van der Waals surface area contributed by atoms with Crippen LogP contribution in [0.25, 0.3) is 22.1 Å². The van der Waals surface area contributed by atoms with Gasteiger partial charge in [-0.2, -0.15) is 0 Å². The van der Waals surface area contributed by atoms with Crippen LogP contribution in [0.1, 0.15) is 28.6 Å². The average Bonchev–Trinajstić information content (AvgIpc) is 3.60. The first-order chi connectivity index (χ1) is 17.3. The van der Waals surface area contributed by atoms with Crippen LogP contribution < -0.4 is 0 Å². The topological polar surface area (TPSA) is 90.1 Å². The van der Waals surface area contributed by atoms with Crippen molar-refractivity contribution in [3.05, 3.63) is 90.3 Å². The van der Waals surface area contributed by atoms with Crippen LogP contribution in [-0.2, 0) is 10.0 Å². The van der Waals surface area contributed by atoms with Crippen LogP contribution in [0.3, 0.4) is 0 Å². The van der Waals surface area contributed by atoms with E-state index in [9.17, 15) is 17.6 Å². The highest BCUT2D eigenvalue weighted by atomic mass is 32.2. The van der Waals surface area contributed by atoms with Crippen molar-refractivity contribution < 1.29 is 17.6 Å². The molecule has 1 amide bonds. The summed E-state index contributed by atoms with van der Waals surface area (Å²) >= 11 is 0. The van der Waals surface area contributed by atoms with E-state index >= 15 is 0 Å². The quantitative estimate of drug-likeness (QED) is 0.367. The van der Waals surface area contributed by atoms with E-state index in [0.717, 1.165) is 11.3 Å². The zero-order valence-corrected chi connectivity index (χ0v) is 20.2. The second-order valence-corrected chi connectivity index (χ2v) is 10.7. The molecule has 1 atom stereocenters. The number of likely N-dealkylation sites (tertiary alicyclic amines) is 1. The van der Waals surface area contributed by atoms with E-state index in [1.54, 1.807) is 47.5 Å². The van der Waals surface area contributed by atoms with Crippen molar-refractivity contribution in [2.45, 2.75) is 24.3 Å². The lowest BCUT2D eigenvalue weighted by Gasteiger charge is -2.19. The molecular weight excluding hydrogens is 481 g/mol. The number of halogens is 1. The van der Waals surface area contributed by atoms with Crippen molar-refractivity contribution in [2.24, 2.45) is 0 Å². The van der Waals surface area contributed by atoms with Gasteiger partial charge in [0.05, 0.1) is 22.7 Å². The van der Waals surface area contributed by atoms with Crippen LogP contribution in [-0.4, -0.2) is 50.8 Å². The first-order valence-electron chi connectivity index (χ1n) is 11.5. The van der Waals surface area contributed by atoms with Crippen LogP contribution in [0.5, 0.6) is 0 Å². The lowest BCUT2D eigenvalue weighted by Crippen LogP contribution is -2.29. The van der Waals surface area contributed by atoms with Crippen LogP contribution in [0.2, 0.25) is 0 Å². The lowest BCUT2D eigenvalue weighted by atomic mass is 10.2. The first kappa shape index (κ1) is 22.4. The number of hydrogen-bond acceptors (Lipinski definition) is 5. The van der Waals surface area contributed by atoms with E-state index in [-0.39, 0.29) is 22.7 Å². The number of carbonyl (C=O) groups excluding carboxylic acids is 1. The van der Waals surface area contributed by atoms with Crippen molar-refractivity contribution in [2.75, 3.05) is 13.1 Å². The summed E-state index contributed by atoms with van der Waals surface area (Å²) in [5.74, 6) is 0.232. The highest BCUT2D eigenvalue weighted by molar-refractivity contribution is 7.90. The fourth-order valence-electron chi connectivity index (χ4n) is 5.02. The number of hydrogen-bond donors (Lipinski definition) is 0. The summed E-state index contributed by atoms with van der Waals surface area (Å²) in [5, 5.41) is 0.677. The molecule has 1 aliphatic rings. The molecule has 10 heteroatoms. The second-order valence-electron chi connectivity index (χ2n) is 8.89. The van der Waals surface area contributed by atoms with Gasteiger partial charge in [-0.25, -0.2) is 26.7 Å². The minimum atomic E-state index is -3.82. The predicted molar refractivity (Wildman–Crippen MR) is 133 cm³/mol. The molecule has 0 aliphatic carbocycles. The standard InChI is InChI=1S/C26H22FN5O3S/c1-17-29-23-15-28-25-22(12-14-31(25)36(34,35)21-5-3-2-4-6-21)24(23)32(17)20-11-13-30(16-20)26(33)18-7-9-19(27)10-8-18/h2-10,12,14-15,20H,11,13,16H2,1H3. The monoisotopic (exact) mass is 503 g/mol. The molecule has 2 aromatic carbocycles. The number of amides is 1. The van der Waals surface area contributed by atoms with E-state index in [0.29, 0.717) is 41.6 Å². The Morgan fingerprint density at radius 3 is 2.56 bits per heavy atom. The SMILES string of the molecule is Cc1nc2cnc3c(ccn3S(=O)(=O)c3ccccc3)c2n1C1CCN(C(=O)c2ccc(F)cc2)C1. The third kappa shape index (κ3) is 3.48. The Morgan fingerprint density at radius 2 is 1.81 bits per heavy atom. The van der Waals surface area contributed by atoms with Gasteiger partial charge in [-0.05, 0) is 55.8 Å². The molecule has 1 unspecified atom stereocenters. The summed E-state index contributed by atoms with van der Waals surface area (Å²) in [6.45, 7) is 2.92. The highest BCUT2D eigenvalue weighted by Crippen LogP contribution is 2.33. The molecular formula is C26H22FN5O3S. The van der Waals surface area contributed by atoms with Gasteiger partial charge in [0.2, 0.25) is 0 Å². The molecule has 4 heterocycles. The van der Waals surface area contributed by atoms with Gasteiger partial charge in [0.15, 0.2) is 5.65 Å². The number of benzene rings is 2. The smallest absolute Gasteiger partial charge is 0.269 e. The molecule has 0 radical (unpaired) electrons. The number of imidazole rings is 1. The Kier molecular flexibility index (Phi) is 5.15. The summed E-state index contributed by atoms with van der Waals surface area (Å²) in [6.07, 6.45) is 3.83. The van der Waals surface area contributed by atoms with Crippen molar-refractivity contribution in [3.63, 3.8) is 0 Å². The van der Waals surface area contributed by atoms with E-state index in [2.05, 4.69) is 14.5 Å². The summed E-state index contributed by atoms with van der Waals surface area (Å²) in [6, 6.07) is 15.5. The molecule has 1 aliphatic heterocycles. The largest absolute Gasteiger partial charge is 0.336 e. The third-order valence-electron chi connectivity index (χ3n) is 6.71. The third-order valence-corrected chi connectivity index (χ3v) is 8.39. The number of pyridine rings is 1. The van der Waals surface area contributed by atoms with Gasteiger partial charge in [-0.1, -0.05) is 18.2 Å². The van der Waals surface area contributed by atoms with Crippen LogP contribution in [0, 0.1) is 12.7 Å². The van der Waals surface area contributed by atoms with Crippen molar-refractivity contribution in [1.82, 2.24) is 23.4 Å². The minimum absolute atomic E-state index is 0.0425. The Morgan fingerprint density at radius 1 is 1.06 bits per heavy atom. The second kappa shape index (κ2) is 8.27. The van der Waals surface area contributed by atoms with Crippen molar-refractivity contribution in [1.29, 1.82) is 0 Å². The Labute approximate surface area is 206 Å². The van der Waals surface area contributed by atoms with Crippen LogP contribution in [0.15, 0.2) is 78.0 Å². The Balaban J connectivity index is 1.40. The number of rotatable bonds is 4. The number of aryl methyl sites for hydroxylation is 1. The number of fused-ring (bicyclic) bond motifs is 3. The summed E-state index contributed by atoms with van der Waals surface area (Å²) in [5.41, 5.74) is 2.22. The fourth-order valence-corrected chi connectivity index (χ4v) is 6.35. The van der Waals surface area contributed by atoms with Crippen LogP contribution >= 0.6 is 0 Å². The molecule has 0 N–H and O–H groups in total. The van der Waals surface area contributed by atoms with Crippen molar-refractivity contribution in [3.8, 4) is 0 Å². The Bertz CT molecular complexity index is 1730. The highest BCUT2D eigenvalue weighted by Gasteiger charge is 2.31. The van der Waals surface area contributed by atoms with Crippen LogP contribution in [0.4, 0.5) is 4.39 Å². The number of carbonyl (C=O) groups is 1. The minimum Gasteiger partial charge on any atom is -0.336 e. The normalized spacial score (nSPS) is 16.3. The van der Waals surface area contributed by atoms with E-state index in [4.69, 9.17) is 0 Å². The lowest BCUT2D eigenvalue weighted by molar-refractivity contribution is 0.0787. The molecule has 0 bridgehead atoms. The van der Waals surface area contributed by atoms with Gasteiger partial charge in [0.25, 0.3) is 15.9 Å². The summed E-state index contributed by atoms with van der Waals surface area (Å²) < 4.78 is 43.2. The zero-order chi connectivity index (χ0) is 25.0. The van der Waals surface area contributed by atoms with Gasteiger partial charge in [0, 0.05) is 30.2 Å². The summed E-state index contributed by atoms with van der Waals surface area (Å²) in [4.78, 5) is 24.0. The molecule has 3 aromatic heterocycles. The van der Waals surface area contributed by atoms with Gasteiger partial charge in [-0.15, -0.1) is 0 Å². The number of aromatic nitrogens is 4. The first-order valence-corrected chi connectivity index (χ1v) is 13.0. The molecule has 36 heavy (non-hydrogen) atoms. The zero-order valence-electron chi connectivity index (χ0n) is 19.4. The van der Waals surface area contributed by atoms with Gasteiger partial charge < -0.3 is 9.47 Å². The maximum absolute atomic E-state index is 13.3. The molecule has 5 aromatic rings.